The molecule has 4 fully saturated rings. The quantitative estimate of drug-likeness (QED) is 0.476. The fraction of sp³-hybridized carbons (Fsp3) is 0.545. The number of halogens is 1. The third-order valence-corrected chi connectivity index (χ3v) is 7.61. The monoisotopic (exact) mass is 428 g/mol. The van der Waals surface area contributed by atoms with Crippen molar-refractivity contribution in [3.05, 3.63) is 44.7 Å². The molecule has 1 heterocycles. The highest BCUT2D eigenvalue weighted by Crippen LogP contribution is 2.57. The molecular weight excluding hydrogens is 404 g/mol. The molecule has 0 spiro atoms. The Hall–Kier alpha value is -2.41. The second-order valence-corrected chi connectivity index (χ2v) is 9.81. The van der Waals surface area contributed by atoms with Crippen LogP contribution in [-0.4, -0.2) is 20.4 Å². The maximum absolute atomic E-state index is 12.0. The van der Waals surface area contributed by atoms with E-state index in [2.05, 4.69) is 15.3 Å². The van der Waals surface area contributed by atoms with Gasteiger partial charge in [-0.05, 0) is 93.4 Å². The fourth-order valence-electron chi connectivity index (χ4n) is 6.28. The maximum atomic E-state index is 12.0. The number of nitrogens with zero attached hydrogens (tertiary/aromatic N) is 3. The Morgan fingerprint density at radius 2 is 1.67 bits per heavy atom. The molecule has 1 N–H and O–H groups in total. The highest BCUT2D eigenvalue weighted by Gasteiger charge is 2.51. The summed E-state index contributed by atoms with van der Waals surface area (Å²) in [4.78, 5) is 19.9. The Kier molecular flexibility index (Phi) is 4.61. The summed E-state index contributed by atoms with van der Waals surface area (Å²) in [6.45, 7) is 3.74. The first-order chi connectivity index (χ1) is 14.3. The van der Waals surface area contributed by atoms with E-state index in [0.29, 0.717) is 10.8 Å². The van der Waals surface area contributed by atoms with Crippen LogP contribution in [0.2, 0.25) is 5.02 Å². The van der Waals surface area contributed by atoms with Crippen LogP contribution in [0.4, 0.5) is 11.5 Å². The van der Waals surface area contributed by atoms with Gasteiger partial charge in [0.2, 0.25) is 5.82 Å². The molecule has 4 aliphatic rings. The molecule has 158 valence electrons. The van der Waals surface area contributed by atoms with E-state index in [1.54, 1.807) is 12.1 Å². The molecule has 2 aromatic rings. The Bertz CT molecular complexity index is 967. The van der Waals surface area contributed by atoms with E-state index in [1.807, 2.05) is 13.8 Å². The number of nitro groups is 1. The summed E-state index contributed by atoms with van der Waals surface area (Å²) >= 11 is 6.23. The number of ether oxygens (including phenoxy) is 1. The number of hydrogen-bond acceptors (Lipinski definition) is 6. The Morgan fingerprint density at radius 1 is 1.10 bits per heavy atom. The van der Waals surface area contributed by atoms with Crippen molar-refractivity contribution in [3.8, 4) is 11.6 Å². The van der Waals surface area contributed by atoms with Crippen LogP contribution in [0, 0.1) is 41.7 Å². The van der Waals surface area contributed by atoms with Crippen molar-refractivity contribution < 1.29 is 9.66 Å². The molecule has 0 aliphatic heterocycles. The lowest BCUT2D eigenvalue weighted by atomic mass is 9.53. The van der Waals surface area contributed by atoms with Crippen LogP contribution in [0.15, 0.2) is 18.5 Å². The zero-order valence-electron chi connectivity index (χ0n) is 17.2. The average molecular weight is 429 g/mol. The van der Waals surface area contributed by atoms with Gasteiger partial charge in [0.05, 0.1) is 4.92 Å². The Balaban J connectivity index is 1.48. The number of nitrogens with one attached hydrogen (secondary N) is 1. The first kappa shape index (κ1) is 19.5. The molecule has 8 heteroatoms. The van der Waals surface area contributed by atoms with E-state index in [1.165, 1.54) is 25.6 Å². The number of rotatable bonds is 5. The van der Waals surface area contributed by atoms with Gasteiger partial charge in [-0.25, -0.2) is 4.98 Å². The van der Waals surface area contributed by atoms with Crippen molar-refractivity contribution in [2.24, 2.45) is 17.8 Å². The lowest BCUT2D eigenvalue weighted by Gasteiger charge is -2.57. The second kappa shape index (κ2) is 7.08. The molecule has 1 aromatic heterocycles. The van der Waals surface area contributed by atoms with Gasteiger partial charge in [-0.1, -0.05) is 11.6 Å². The van der Waals surface area contributed by atoms with Crippen molar-refractivity contribution in [1.82, 2.24) is 9.97 Å². The Labute approximate surface area is 180 Å². The van der Waals surface area contributed by atoms with Crippen LogP contribution in [0.3, 0.4) is 0 Å². The first-order valence-electron chi connectivity index (χ1n) is 10.5. The highest BCUT2D eigenvalue weighted by atomic mass is 35.5. The van der Waals surface area contributed by atoms with Crippen LogP contribution in [0.5, 0.6) is 11.6 Å². The number of aromatic nitrogens is 2. The number of hydrogen-bond donors (Lipinski definition) is 1. The minimum atomic E-state index is -0.451. The molecule has 4 bridgehead atoms. The van der Waals surface area contributed by atoms with Crippen molar-refractivity contribution in [1.29, 1.82) is 0 Å². The zero-order chi connectivity index (χ0) is 21.0. The lowest BCUT2D eigenvalue weighted by molar-refractivity contribution is -0.385. The first-order valence-corrected chi connectivity index (χ1v) is 10.9. The summed E-state index contributed by atoms with van der Waals surface area (Å²) in [7, 11) is 0. The zero-order valence-corrected chi connectivity index (χ0v) is 17.9. The van der Waals surface area contributed by atoms with E-state index in [9.17, 15) is 10.1 Å². The molecule has 6 rings (SSSR count). The number of anilines is 1. The number of benzene rings is 1. The summed E-state index contributed by atoms with van der Waals surface area (Å²) < 4.78 is 5.86. The van der Waals surface area contributed by atoms with Gasteiger partial charge >= 0.3 is 11.6 Å². The van der Waals surface area contributed by atoms with Gasteiger partial charge < -0.3 is 10.1 Å². The smallest absolute Gasteiger partial charge is 0.373 e. The molecule has 0 radical (unpaired) electrons. The van der Waals surface area contributed by atoms with Gasteiger partial charge in [-0.15, -0.1) is 0 Å². The molecule has 0 atom stereocenters. The van der Waals surface area contributed by atoms with E-state index in [4.69, 9.17) is 16.3 Å². The summed E-state index contributed by atoms with van der Waals surface area (Å²) in [6, 6.07) is 3.51. The molecule has 4 aliphatic carbocycles. The third-order valence-electron chi connectivity index (χ3n) is 7.02. The van der Waals surface area contributed by atoms with Gasteiger partial charge in [0.1, 0.15) is 12.1 Å². The molecule has 0 unspecified atom stereocenters. The predicted molar refractivity (Wildman–Crippen MR) is 114 cm³/mol. The third kappa shape index (κ3) is 3.39. The average Bonchev–Trinajstić information content (AvgIpc) is 2.64. The molecule has 0 amide bonds. The fourth-order valence-corrected chi connectivity index (χ4v) is 6.39. The Morgan fingerprint density at radius 3 is 2.20 bits per heavy atom. The van der Waals surface area contributed by atoms with Crippen molar-refractivity contribution >= 4 is 23.1 Å². The van der Waals surface area contributed by atoms with Crippen LogP contribution in [0.25, 0.3) is 0 Å². The van der Waals surface area contributed by atoms with E-state index in [-0.39, 0.29) is 22.9 Å². The lowest BCUT2D eigenvalue weighted by Crippen LogP contribution is -2.55. The molecule has 7 nitrogen and oxygen atoms in total. The van der Waals surface area contributed by atoms with Crippen molar-refractivity contribution in [3.63, 3.8) is 0 Å². The summed E-state index contributed by atoms with van der Waals surface area (Å²) in [5, 5.41) is 16.1. The largest absolute Gasteiger partial charge is 0.434 e. The molecular formula is C22H25ClN4O3. The van der Waals surface area contributed by atoms with E-state index >= 15 is 0 Å². The van der Waals surface area contributed by atoms with Gasteiger partial charge in [0, 0.05) is 10.6 Å². The van der Waals surface area contributed by atoms with Gasteiger partial charge in [0.15, 0.2) is 0 Å². The molecule has 30 heavy (non-hydrogen) atoms. The van der Waals surface area contributed by atoms with Gasteiger partial charge in [0.25, 0.3) is 0 Å². The minimum absolute atomic E-state index is 0.0525. The summed E-state index contributed by atoms with van der Waals surface area (Å²) in [6.07, 6.45) is 8.42. The summed E-state index contributed by atoms with van der Waals surface area (Å²) in [5.41, 5.74) is 1.38. The summed E-state index contributed by atoms with van der Waals surface area (Å²) in [5.74, 6) is 2.84. The normalized spacial score (nSPS) is 29.1. The second-order valence-electron chi connectivity index (χ2n) is 9.43. The van der Waals surface area contributed by atoms with Crippen LogP contribution < -0.4 is 10.1 Å². The standard InChI is InChI=1S/C22H25ClN4O3/c1-12-3-17(4-13(2)18(12)23)30-21-19(27(28)29)20(24-11-25-21)26-22-8-14-5-15(9-22)7-16(6-14)10-22/h3-4,11,14-16H,5-10H2,1-2H3,(H,24,25,26). The van der Waals surface area contributed by atoms with Crippen LogP contribution in [0.1, 0.15) is 49.7 Å². The van der Waals surface area contributed by atoms with Crippen molar-refractivity contribution in [2.45, 2.75) is 57.9 Å². The van der Waals surface area contributed by atoms with E-state index in [0.717, 1.165) is 48.1 Å². The molecule has 4 saturated carbocycles. The van der Waals surface area contributed by atoms with Crippen LogP contribution >= 0.6 is 11.6 Å². The molecule has 1 aromatic carbocycles. The van der Waals surface area contributed by atoms with Gasteiger partial charge in [-0.2, -0.15) is 4.98 Å². The topological polar surface area (TPSA) is 90.2 Å². The van der Waals surface area contributed by atoms with E-state index < -0.39 is 4.92 Å². The molecule has 0 saturated heterocycles. The van der Waals surface area contributed by atoms with Crippen molar-refractivity contribution in [2.75, 3.05) is 5.32 Å². The number of aryl methyl sites for hydroxylation is 2. The van der Waals surface area contributed by atoms with Gasteiger partial charge in [-0.3, -0.25) is 10.1 Å². The highest BCUT2D eigenvalue weighted by molar-refractivity contribution is 6.32. The SMILES string of the molecule is Cc1cc(Oc2ncnc(NC34CC5CC(CC(C5)C3)C4)c2[N+](=O)[O-])cc(C)c1Cl. The van der Waals surface area contributed by atoms with Crippen LogP contribution in [-0.2, 0) is 0 Å². The maximum Gasteiger partial charge on any atom is 0.373 e. The predicted octanol–water partition coefficient (Wildman–Crippen LogP) is 5.83. The minimum Gasteiger partial charge on any atom is -0.434 e.